The molecule has 0 bridgehead atoms. The van der Waals surface area contributed by atoms with Gasteiger partial charge in [-0.3, -0.25) is 0 Å². The van der Waals surface area contributed by atoms with E-state index in [-0.39, 0.29) is 12.2 Å². The fourth-order valence-electron chi connectivity index (χ4n) is 1.57. The van der Waals surface area contributed by atoms with Crippen LogP contribution in [0.25, 0.3) is 0 Å². The number of hydrogen-bond donors (Lipinski definition) is 2. The van der Waals surface area contributed by atoms with E-state index in [2.05, 4.69) is 0 Å². The second-order valence-electron chi connectivity index (χ2n) is 4.09. The van der Waals surface area contributed by atoms with Gasteiger partial charge in [-0.25, -0.2) is 4.79 Å². The highest BCUT2D eigenvalue weighted by Gasteiger charge is 2.07. The van der Waals surface area contributed by atoms with Crippen molar-refractivity contribution in [2.75, 3.05) is 5.73 Å². The number of nitrogens with two attached hydrogens (primary N) is 1. The van der Waals surface area contributed by atoms with Crippen LogP contribution in [0, 0.1) is 0 Å². The minimum Gasteiger partial charge on any atom is -0.487 e. The monoisotopic (exact) mass is 311 g/mol. The number of carbonyl (C=O) groups is 1. The Morgan fingerprint density at radius 1 is 1.15 bits per heavy atom. The lowest BCUT2D eigenvalue weighted by atomic mass is 10.1. The van der Waals surface area contributed by atoms with Crippen molar-refractivity contribution in [1.82, 2.24) is 0 Å². The maximum absolute atomic E-state index is 10.7. The Kier molecular flexibility index (Phi) is 4.37. The quantitative estimate of drug-likeness (QED) is 0.841. The van der Waals surface area contributed by atoms with Crippen molar-refractivity contribution < 1.29 is 14.6 Å². The van der Waals surface area contributed by atoms with Gasteiger partial charge < -0.3 is 15.6 Å². The molecular formula is C14H11Cl2NO3. The third-order valence-electron chi connectivity index (χ3n) is 2.65. The van der Waals surface area contributed by atoms with Crippen LogP contribution < -0.4 is 10.5 Å². The molecule has 0 aliphatic carbocycles. The molecule has 3 N–H and O–H groups in total. The van der Waals surface area contributed by atoms with Crippen LogP contribution in [-0.2, 0) is 6.61 Å². The summed E-state index contributed by atoms with van der Waals surface area (Å²) in [7, 11) is 0. The molecular weight excluding hydrogens is 301 g/mol. The molecule has 0 aliphatic heterocycles. The van der Waals surface area contributed by atoms with Gasteiger partial charge in [0, 0.05) is 6.07 Å². The summed E-state index contributed by atoms with van der Waals surface area (Å²) in [6, 6.07) is 9.45. The Labute approximate surface area is 125 Å². The van der Waals surface area contributed by atoms with Crippen molar-refractivity contribution in [3.05, 3.63) is 57.6 Å². The van der Waals surface area contributed by atoms with Gasteiger partial charge in [-0.15, -0.1) is 0 Å². The van der Waals surface area contributed by atoms with Gasteiger partial charge in [0.05, 0.1) is 21.3 Å². The lowest BCUT2D eigenvalue weighted by Gasteiger charge is -2.10. The number of benzene rings is 2. The van der Waals surface area contributed by atoms with Crippen molar-refractivity contribution in [2.24, 2.45) is 0 Å². The molecule has 2 aromatic rings. The van der Waals surface area contributed by atoms with E-state index >= 15 is 0 Å². The molecule has 104 valence electrons. The average molecular weight is 312 g/mol. The average Bonchev–Trinajstić information content (AvgIpc) is 2.42. The third-order valence-corrected chi connectivity index (χ3v) is 3.37. The number of ether oxygens (including phenoxy) is 1. The van der Waals surface area contributed by atoms with E-state index in [0.717, 1.165) is 5.56 Å². The fraction of sp³-hybridized carbons (Fsp3) is 0.0714. The summed E-state index contributed by atoms with van der Waals surface area (Å²) in [5.41, 5.74) is 7.21. The smallest absolute Gasteiger partial charge is 0.335 e. The van der Waals surface area contributed by atoms with Gasteiger partial charge in [-0.05, 0) is 23.8 Å². The van der Waals surface area contributed by atoms with E-state index in [4.69, 9.17) is 38.8 Å². The maximum Gasteiger partial charge on any atom is 0.335 e. The van der Waals surface area contributed by atoms with Gasteiger partial charge in [-0.1, -0.05) is 35.3 Å². The topological polar surface area (TPSA) is 72.5 Å². The molecule has 0 saturated heterocycles. The number of hydrogen-bond acceptors (Lipinski definition) is 3. The van der Waals surface area contributed by atoms with E-state index in [1.807, 2.05) is 0 Å². The van der Waals surface area contributed by atoms with Gasteiger partial charge >= 0.3 is 5.97 Å². The van der Waals surface area contributed by atoms with Crippen molar-refractivity contribution >= 4 is 34.9 Å². The lowest BCUT2D eigenvalue weighted by molar-refractivity contribution is 0.0697. The van der Waals surface area contributed by atoms with Crippen LogP contribution in [0.2, 0.25) is 10.0 Å². The van der Waals surface area contributed by atoms with Crippen molar-refractivity contribution in [1.29, 1.82) is 0 Å². The Balaban J connectivity index is 2.09. The summed E-state index contributed by atoms with van der Waals surface area (Å²) in [5, 5.41) is 9.52. The minimum absolute atomic E-state index is 0.225. The number of rotatable bonds is 4. The van der Waals surface area contributed by atoms with Crippen LogP contribution in [0.3, 0.4) is 0 Å². The molecule has 0 amide bonds. The number of carboxylic acids is 1. The van der Waals surface area contributed by atoms with Crippen LogP contribution in [0.5, 0.6) is 5.75 Å². The Bertz CT molecular complexity index is 642. The van der Waals surface area contributed by atoms with E-state index in [9.17, 15) is 4.79 Å². The largest absolute Gasteiger partial charge is 0.487 e. The van der Waals surface area contributed by atoms with Crippen LogP contribution in [-0.4, -0.2) is 11.1 Å². The number of anilines is 1. The van der Waals surface area contributed by atoms with Crippen molar-refractivity contribution in [2.45, 2.75) is 6.61 Å². The highest BCUT2D eigenvalue weighted by atomic mass is 35.5. The zero-order valence-corrected chi connectivity index (χ0v) is 11.8. The molecule has 0 heterocycles. The molecule has 0 spiro atoms. The minimum atomic E-state index is -0.966. The molecule has 4 nitrogen and oxygen atoms in total. The van der Waals surface area contributed by atoms with E-state index in [1.54, 1.807) is 18.2 Å². The zero-order valence-electron chi connectivity index (χ0n) is 10.3. The first-order valence-corrected chi connectivity index (χ1v) is 6.42. The summed E-state index contributed by atoms with van der Waals surface area (Å²) in [6.07, 6.45) is 0. The number of aromatic carboxylic acids is 1. The standard InChI is InChI=1S/C14H11Cl2NO3/c15-10-5-12(17)13(6-11(10)16)20-7-8-1-3-9(4-2-8)14(18)19/h1-6H,7,17H2,(H,18,19). The Morgan fingerprint density at radius 2 is 1.75 bits per heavy atom. The highest BCUT2D eigenvalue weighted by Crippen LogP contribution is 2.32. The van der Waals surface area contributed by atoms with E-state index in [0.29, 0.717) is 21.5 Å². The molecule has 2 rings (SSSR count). The Hall–Kier alpha value is -1.91. The molecule has 0 atom stereocenters. The van der Waals surface area contributed by atoms with Crippen LogP contribution in [0.4, 0.5) is 5.69 Å². The normalized spacial score (nSPS) is 10.3. The van der Waals surface area contributed by atoms with Gasteiger partial charge in [0.2, 0.25) is 0 Å². The molecule has 0 aliphatic rings. The SMILES string of the molecule is Nc1cc(Cl)c(Cl)cc1OCc1ccc(C(=O)O)cc1. The first kappa shape index (κ1) is 14.5. The molecule has 0 unspecified atom stereocenters. The molecule has 2 aromatic carbocycles. The first-order chi connectivity index (χ1) is 9.47. The highest BCUT2D eigenvalue weighted by molar-refractivity contribution is 6.42. The van der Waals surface area contributed by atoms with Crippen LogP contribution in [0.1, 0.15) is 15.9 Å². The van der Waals surface area contributed by atoms with Crippen molar-refractivity contribution in [3.8, 4) is 5.75 Å². The first-order valence-electron chi connectivity index (χ1n) is 5.67. The molecule has 6 heteroatoms. The molecule has 0 fully saturated rings. The lowest BCUT2D eigenvalue weighted by Crippen LogP contribution is -2.00. The van der Waals surface area contributed by atoms with Crippen LogP contribution >= 0.6 is 23.2 Å². The van der Waals surface area contributed by atoms with Gasteiger partial charge in [0.1, 0.15) is 12.4 Å². The maximum atomic E-state index is 10.7. The van der Waals surface area contributed by atoms with Gasteiger partial charge in [0.25, 0.3) is 0 Å². The summed E-state index contributed by atoms with van der Waals surface area (Å²) in [6.45, 7) is 0.252. The predicted molar refractivity (Wildman–Crippen MR) is 78.6 cm³/mol. The summed E-state index contributed by atoms with van der Waals surface area (Å²) in [4.78, 5) is 10.7. The number of carboxylic acid groups (broad SMARTS) is 1. The fourth-order valence-corrected chi connectivity index (χ4v) is 1.90. The van der Waals surface area contributed by atoms with Gasteiger partial charge in [-0.2, -0.15) is 0 Å². The summed E-state index contributed by atoms with van der Waals surface area (Å²) >= 11 is 11.7. The third kappa shape index (κ3) is 3.35. The van der Waals surface area contributed by atoms with Gasteiger partial charge in [0.15, 0.2) is 0 Å². The summed E-state index contributed by atoms with van der Waals surface area (Å²) < 4.78 is 5.54. The zero-order chi connectivity index (χ0) is 14.7. The summed E-state index contributed by atoms with van der Waals surface area (Å²) in [5.74, 6) is -0.534. The predicted octanol–water partition coefficient (Wildman–Crippen LogP) is 3.85. The molecule has 0 aromatic heterocycles. The second-order valence-corrected chi connectivity index (χ2v) is 4.91. The van der Waals surface area contributed by atoms with Crippen molar-refractivity contribution in [3.63, 3.8) is 0 Å². The Morgan fingerprint density at radius 3 is 2.35 bits per heavy atom. The van der Waals surface area contributed by atoms with Crippen LogP contribution in [0.15, 0.2) is 36.4 Å². The second kappa shape index (κ2) is 6.03. The molecule has 20 heavy (non-hydrogen) atoms. The number of nitrogen functional groups attached to an aromatic ring is 1. The van der Waals surface area contributed by atoms with E-state index in [1.165, 1.54) is 18.2 Å². The van der Waals surface area contributed by atoms with E-state index < -0.39 is 5.97 Å². The molecule has 0 radical (unpaired) electrons. The number of halogens is 2. The molecule has 0 saturated carbocycles.